The van der Waals surface area contributed by atoms with Gasteiger partial charge in [-0.05, 0) is 55.2 Å². The lowest BCUT2D eigenvalue weighted by Gasteiger charge is -2.13. The smallest absolute Gasteiger partial charge is 0.272 e. The zero-order chi connectivity index (χ0) is 17.7. The van der Waals surface area contributed by atoms with Crippen molar-refractivity contribution in [3.63, 3.8) is 0 Å². The van der Waals surface area contributed by atoms with E-state index in [0.717, 1.165) is 27.9 Å². The Balaban J connectivity index is 2.34. The highest BCUT2D eigenvalue weighted by atomic mass is 16.2. The zero-order valence-electron chi connectivity index (χ0n) is 14.4. The second-order valence-corrected chi connectivity index (χ2v) is 5.87. The largest absolute Gasteiger partial charge is 0.322 e. The van der Waals surface area contributed by atoms with E-state index in [9.17, 15) is 9.59 Å². The van der Waals surface area contributed by atoms with Gasteiger partial charge in [0, 0.05) is 12.6 Å². The maximum absolute atomic E-state index is 12.6. The molecule has 0 aliphatic carbocycles. The van der Waals surface area contributed by atoms with Gasteiger partial charge in [-0.3, -0.25) is 9.59 Å². The van der Waals surface area contributed by atoms with Gasteiger partial charge in [-0.25, -0.2) is 0 Å². The van der Waals surface area contributed by atoms with Crippen LogP contribution in [-0.4, -0.2) is 11.8 Å². The number of carbonyl (C=O) groups excluding carboxylic acids is 2. The molecule has 2 N–H and O–H groups in total. The number of anilines is 1. The SMILES string of the molecule is CC(=O)NC(=Cc1ccccc1C)C(=O)Nc1cc(C)ccc1C. The van der Waals surface area contributed by atoms with Gasteiger partial charge in [0.05, 0.1) is 0 Å². The summed E-state index contributed by atoms with van der Waals surface area (Å²) in [5.74, 6) is -0.631. The molecule has 0 heterocycles. The fourth-order valence-electron chi connectivity index (χ4n) is 2.31. The van der Waals surface area contributed by atoms with E-state index in [-0.39, 0.29) is 17.5 Å². The minimum Gasteiger partial charge on any atom is -0.322 e. The summed E-state index contributed by atoms with van der Waals surface area (Å²) in [5.41, 5.74) is 4.89. The predicted molar refractivity (Wildman–Crippen MR) is 97.5 cm³/mol. The lowest BCUT2D eigenvalue weighted by molar-refractivity contribution is -0.120. The Morgan fingerprint density at radius 1 is 0.958 bits per heavy atom. The third-order valence-corrected chi connectivity index (χ3v) is 3.68. The topological polar surface area (TPSA) is 58.2 Å². The lowest BCUT2D eigenvalue weighted by Crippen LogP contribution is -2.29. The third kappa shape index (κ3) is 4.56. The zero-order valence-corrected chi connectivity index (χ0v) is 14.4. The molecule has 2 aromatic carbocycles. The van der Waals surface area contributed by atoms with Crippen LogP contribution in [0.5, 0.6) is 0 Å². The fourth-order valence-corrected chi connectivity index (χ4v) is 2.31. The van der Waals surface area contributed by atoms with Gasteiger partial charge in [0.2, 0.25) is 5.91 Å². The van der Waals surface area contributed by atoms with Gasteiger partial charge >= 0.3 is 0 Å². The van der Waals surface area contributed by atoms with Crippen molar-refractivity contribution >= 4 is 23.6 Å². The first kappa shape index (κ1) is 17.5. The summed E-state index contributed by atoms with van der Waals surface area (Å²) in [6, 6.07) is 13.5. The molecule has 0 bridgehead atoms. The molecule has 2 rings (SSSR count). The summed E-state index contributed by atoms with van der Waals surface area (Å²) in [5, 5.41) is 5.49. The molecular weight excluding hydrogens is 300 g/mol. The second kappa shape index (κ2) is 7.59. The molecule has 0 fully saturated rings. The maximum atomic E-state index is 12.6. The highest BCUT2D eigenvalue weighted by molar-refractivity contribution is 6.08. The van der Waals surface area contributed by atoms with Crippen molar-refractivity contribution in [1.82, 2.24) is 5.32 Å². The Bertz CT molecular complexity index is 807. The number of benzene rings is 2. The van der Waals surface area contributed by atoms with Crippen LogP contribution in [0.3, 0.4) is 0 Å². The Hall–Kier alpha value is -2.88. The first-order chi connectivity index (χ1) is 11.4. The molecule has 4 nitrogen and oxygen atoms in total. The molecule has 0 saturated carbocycles. The van der Waals surface area contributed by atoms with E-state index in [4.69, 9.17) is 0 Å². The Kier molecular flexibility index (Phi) is 5.53. The standard InChI is InChI=1S/C20H22N2O2/c1-13-9-10-15(3)18(11-13)22-20(24)19(21-16(4)23)12-17-8-6-5-7-14(17)2/h5-12H,1-4H3,(H,21,23)(H,22,24). The van der Waals surface area contributed by atoms with E-state index in [1.807, 2.05) is 63.2 Å². The van der Waals surface area contributed by atoms with E-state index >= 15 is 0 Å². The molecule has 0 aromatic heterocycles. The van der Waals surface area contributed by atoms with Crippen LogP contribution in [0.2, 0.25) is 0 Å². The molecule has 0 radical (unpaired) electrons. The molecule has 4 heteroatoms. The number of amides is 2. The summed E-state index contributed by atoms with van der Waals surface area (Å²) in [6.45, 7) is 7.24. The van der Waals surface area contributed by atoms with Gasteiger partial charge < -0.3 is 10.6 Å². The molecule has 2 aromatic rings. The van der Waals surface area contributed by atoms with Gasteiger partial charge in [0.15, 0.2) is 0 Å². The molecule has 0 atom stereocenters. The molecular formula is C20H22N2O2. The number of carbonyl (C=O) groups is 2. The van der Waals surface area contributed by atoms with Gasteiger partial charge in [0.1, 0.15) is 5.70 Å². The fraction of sp³-hybridized carbons (Fsp3) is 0.200. The number of hydrogen-bond acceptors (Lipinski definition) is 2. The van der Waals surface area contributed by atoms with Crippen LogP contribution < -0.4 is 10.6 Å². The van der Waals surface area contributed by atoms with Crippen LogP contribution in [-0.2, 0) is 9.59 Å². The Morgan fingerprint density at radius 3 is 2.33 bits per heavy atom. The van der Waals surface area contributed by atoms with Gasteiger partial charge in [-0.1, -0.05) is 36.4 Å². The molecule has 124 valence electrons. The van der Waals surface area contributed by atoms with E-state index in [2.05, 4.69) is 10.6 Å². The van der Waals surface area contributed by atoms with Crippen LogP contribution in [0.15, 0.2) is 48.2 Å². The van der Waals surface area contributed by atoms with Gasteiger partial charge in [-0.2, -0.15) is 0 Å². The number of aryl methyl sites for hydroxylation is 3. The third-order valence-electron chi connectivity index (χ3n) is 3.68. The number of nitrogens with one attached hydrogen (secondary N) is 2. The van der Waals surface area contributed by atoms with Gasteiger partial charge in [-0.15, -0.1) is 0 Å². The number of rotatable bonds is 4. The van der Waals surface area contributed by atoms with Gasteiger partial charge in [0.25, 0.3) is 5.91 Å². The monoisotopic (exact) mass is 322 g/mol. The van der Waals surface area contributed by atoms with E-state index in [1.165, 1.54) is 6.92 Å². The van der Waals surface area contributed by atoms with Crippen molar-refractivity contribution in [3.05, 3.63) is 70.4 Å². The second-order valence-electron chi connectivity index (χ2n) is 5.87. The summed E-state index contributed by atoms with van der Waals surface area (Å²) in [4.78, 5) is 24.1. The van der Waals surface area contributed by atoms with E-state index in [0.29, 0.717) is 0 Å². The normalized spacial score (nSPS) is 11.1. The molecule has 0 saturated heterocycles. The maximum Gasteiger partial charge on any atom is 0.272 e. The minimum atomic E-state index is -0.345. The van der Waals surface area contributed by atoms with Crippen molar-refractivity contribution < 1.29 is 9.59 Å². The van der Waals surface area contributed by atoms with Crippen LogP contribution >= 0.6 is 0 Å². The van der Waals surface area contributed by atoms with Crippen LogP contribution in [0.1, 0.15) is 29.2 Å². The van der Waals surface area contributed by atoms with Crippen molar-refractivity contribution in [2.24, 2.45) is 0 Å². The first-order valence-electron chi connectivity index (χ1n) is 7.80. The molecule has 0 unspecified atom stereocenters. The Labute approximate surface area is 142 Å². The summed E-state index contributed by atoms with van der Waals surface area (Å²) in [6.07, 6.45) is 1.69. The molecule has 0 aliphatic rings. The van der Waals surface area contributed by atoms with Crippen molar-refractivity contribution in [2.45, 2.75) is 27.7 Å². The highest BCUT2D eigenvalue weighted by Crippen LogP contribution is 2.18. The lowest BCUT2D eigenvalue weighted by atomic mass is 10.1. The summed E-state index contributed by atoms with van der Waals surface area (Å²) >= 11 is 0. The summed E-state index contributed by atoms with van der Waals surface area (Å²) in [7, 11) is 0. The van der Waals surface area contributed by atoms with Crippen molar-refractivity contribution in [3.8, 4) is 0 Å². The minimum absolute atomic E-state index is 0.220. The number of hydrogen-bond donors (Lipinski definition) is 2. The molecule has 0 spiro atoms. The average Bonchev–Trinajstić information content (AvgIpc) is 2.52. The predicted octanol–water partition coefficient (Wildman–Crippen LogP) is 3.73. The molecule has 24 heavy (non-hydrogen) atoms. The van der Waals surface area contributed by atoms with Crippen molar-refractivity contribution in [2.75, 3.05) is 5.32 Å². The van der Waals surface area contributed by atoms with Crippen molar-refractivity contribution in [1.29, 1.82) is 0 Å². The van der Waals surface area contributed by atoms with Crippen LogP contribution in [0, 0.1) is 20.8 Å². The Morgan fingerprint density at radius 2 is 1.67 bits per heavy atom. The highest BCUT2D eigenvalue weighted by Gasteiger charge is 2.13. The quantitative estimate of drug-likeness (QED) is 0.843. The molecule has 0 aliphatic heterocycles. The van der Waals surface area contributed by atoms with Crippen LogP contribution in [0.25, 0.3) is 6.08 Å². The van der Waals surface area contributed by atoms with Crippen LogP contribution in [0.4, 0.5) is 5.69 Å². The molecule has 2 amide bonds. The van der Waals surface area contributed by atoms with E-state index < -0.39 is 0 Å². The summed E-state index contributed by atoms with van der Waals surface area (Å²) < 4.78 is 0. The average molecular weight is 322 g/mol. The van der Waals surface area contributed by atoms with E-state index in [1.54, 1.807) is 6.08 Å². The first-order valence-corrected chi connectivity index (χ1v) is 7.80.